The van der Waals surface area contributed by atoms with Crippen molar-refractivity contribution in [3.05, 3.63) is 23.4 Å². The van der Waals surface area contributed by atoms with E-state index in [0.29, 0.717) is 12.5 Å². The minimum absolute atomic E-state index is 0.181. The standard InChI is InChI=1S/C24H38N4O4/c1-24(2,3)28(4)23(31)27-20(22(29)30)11-13-32-19-14-16(15-19)7-9-18-10-8-17-6-5-12-25-21(17)26-18/h8,10,16,19-20H,5-7,9,11-15H2,1-4H3,(H,25,26)(H,27,31)(H,29,30)/t16?,19?,20-/m0/s1. The monoisotopic (exact) mass is 446 g/mol. The minimum atomic E-state index is -1.04. The first kappa shape index (κ1) is 24.3. The number of pyridine rings is 1. The number of rotatable bonds is 9. The molecule has 0 unspecified atom stereocenters. The number of ether oxygens (including phenoxy) is 1. The summed E-state index contributed by atoms with van der Waals surface area (Å²) in [5.41, 5.74) is 2.08. The third kappa shape index (κ3) is 6.58. The molecular weight excluding hydrogens is 408 g/mol. The van der Waals surface area contributed by atoms with Crippen LogP contribution in [0.2, 0.25) is 0 Å². The highest BCUT2D eigenvalue weighted by Gasteiger charge is 2.31. The van der Waals surface area contributed by atoms with Crippen LogP contribution in [0.25, 0.3) is 0 Å². The van der Waals surface area contributed by atoms with Gasteiger partial charge in [-0.1, -0.05) is 6.07 Å². The first-order valence-electron chi connectivity index (χ1n) is 11.7. The fraction of sp³-hybridized carbons (Fsp3) is 0.708. The molecule has 8 nitrogen and oxygen atoms in total. The van der Waals surface area contributed by atoms with Gasteiger partial charge in [-0.05, 0) is 76.8 Å². The molecule has 1 saturated carbocycles. The third-order valence-electron chi connectivity index (χ3n) is 6.62. The summed E-state index contributed by atoms with van der Waals surface area (Å²) >= 11 is 0. The molecule has 1 aliphatic carbocycles. The number of amides is 2. The zero-order valence-corrected chi connectivity index (χ0v) is 19.8. The number of urea groups is 1. The summed E-state index contributed by atoms with van der Waals surface area (Å²) in [5.74, 6) is 0.640. The SMILES string of the molecule is CN(C(=O)N[C@@H](CCOC1CC(CCc2ccc3c(n2)NCCC3)C1)C(=O)O)C(C)(C)C. The molecule has 1 atom stereocenters. The highest BCUT2D eigenvalue weighted by Crippen LogP contribution is 2.34. The Morgan fingerprint density at radius 2 is 2.09 bits per heavy atom. The van der Waals surface area contributed by atoms with Crippen molar-refractivity contribution in [1.29, 1.82) is 0 Å². The number of carbonyl (C=O) groups excluding carboxylic acids is 1. The third-order valence-corrected chi connectivity index (χ3v) is 6.62. The average Bonchev–Trinajstić information content (AvgIpc) is 2.72. The topological polar surface area (TPSA) is 104 Å². The van der Waals surface area contributed by atoms with Gasteiger partial charge in [0.1, 0.15) is 11.9 Å². The zero-order valence-electron chi connectivity index (χ0n) is 19.8. The first-order chi connectivity index (χ1) is 15.1. The van der Waals surface area contributed by atoms with Crippen LogP contribution in [-0.4, -0.2) is 64.9 Å². The molecule has 3 N–H and O–H groups in total. The number of aliphatic carboxylic acids is 1. The molecule has 1 aromatic heterocycles. The summed E-state index contributed by atoms with van der Waals surface area (Å²) in [6.07, 6.45) is 6.79. The Bertz CT molecular complexity index is 802. The number of aromatic nitrogens is 1. The molecule has 0 radical (unpaired) electrons. The van der Waals surface area contributed by atoms with Gasteiger partial charge < -0.3 is 25.4 Å². The van der Waals surface area contributed by atoms with Gasteiger partial charge in [-0.25, -0.2) is 14.6 Å². The molecule has 2 amide bonds. The van der Waals surface area contributed by atoms with Gasteiger partial charge in [0.25, 0.3) is 0 Å². The lowest BCUT2D eigenvalue weighted by atomic mass is 9.79. The van der Waals surface area contributed by atoms with Crippen LogP contribution in [-0.2, 0) is 22.4 Å². The molecule has 0 saturated heterocycles. The first-order valence-corrected chi connectivity index (χ1v) is 11.7. The number of carboxylic acid groups (broad SMARTS) is 1. The number of carbonyl (C=O) groups is 2. The van der Waals surface area contributed by atoms with E-state index < -0.39 is 12.0 Å². The molecule has 3 rings (SSSR count). The van der Waals surface area contributed by atoms with Gasteiger partial charge in [0, 0.05) is 37.9 Å². The normalized spacial score (nSPS) is 21.0. The Balaban J connectivity index is 1.33. The molecule has 0 aromatic carbocycles. The van der Waals surface area contributed by atoms with Crippen molar-refractivity contribution < 1.29 is 19.4 Å². The number of nitrogens with one attached hydrogen (secondary N) is 2. The van der Waals surface area contributed by atoms with Crippen molar-refractivity contribution in [3.63, 3.8) is 0 Å². The predicted octanol–water partition coefficient (Wildman–Crippen LogP) is 3.45. The zero-order chi connectivity index (χ0) is 23.3. The van der Waals surface area contributed by atoms with Gasteiger partial charge in [-0.15, -0.1) is 0 Å². The highest BCUT2D eigenvalue weighted by molar-refractivity contribution is 5.82. The van der Waals surface area contributed by atoms with Gasteiger partial charge in [-0.3, -0.25) is 0 Å². The predicted molar refractivity (Wildman–Crippen MR) is 124 cm³/mol. The number of nitrogens with zero attached hydrogens (tertiary/aromatic N) is 2. The molecule has 2 aliphatic rings. The highest BCUT2D eigenvalue weighted by atomic mass is 16.5. The van der Waals surface area contributed by atoms with E-state index in [0.717, 1.165) is 50.2 Å². The van der Waals surface area contributed by atoms with E-state index in [1.807, 2.05) is 20.8 Å². The Kier molecular flexibility index (Phi) is 7.98. The van der Waals surface area contributed by atoms with Crippen LogP contribution in [0.15, 0.2) is 12.1 Å². The molecule has 32 heavy (non-hydrogen) atoms. The number of hydrogen-bond acceptors (Lipinski definition) is 5. The van der Waals surface area contributed by atoms with Crippen LogP contribution in [0.1, 0.15) is 64.1 Å². The number of carboxylic acids is 1. The molecule has 1 aromatic rings. The minimum Gasteiger partial charge on any atom is -0.480 e. The molecule has 1 aliphatic heterocycles. The molecule has 2 heterocycles. The van der Waals surface area contributed by atoms with E-state index in [4.69, 9.17) is 9.72 Å². The van der Waals surface area contributed by atoms with Gasteiger partial charge in [0.2, 0.25) is 0 Å². The summed E-state index contributed by atoms with van der Waals surface area (Å²) in [4.78, 5) is 30.1. The molecule has 1 fully saturated rings. The lowest BCUT2D eigenvalue weighted by Gasteiger charge is -2.35. The smallest absolute Gasteiger partial charge is 0.326 e. The van der Waals surface area contributed by atoms with Crippen molar-refractivity contribution in [3.8, 4) is 0 Å². The van der Waals surface area contributed by atoms with E-state index in [1.54, 1.807) is 7.05 Å². The number of hydrogen-bond donors (Lipinski definition) is 3. The van der Waals surface area contributed by atoms with Crippen LogP contribution >= 0.6 is 0 Å². The Morgan fingerprint density at radius 1 is 1.34 bits per heavy atom. The van der Waals surface area contributed by atoms with E-state index in [2.05, 4.69) is 22.8 Å². The summed E-state index contributed by atoms with van der Waals surface area (Å²) in [6.45, 7) is 7.03. The molecule has 178 valence electrons. The molecular formula is C24H38N4O4. The maximum atomic E-state index is 12.3. The van der Waals surface area contributed by atoms with Crippen molar-refractivity contribution in [2.45, 2.75) is 83.4 Å². The van der Waals surface area contributed by atoms with Crippen LogP contribution in [0.5, 0.6) is 0 Å². The maximum Gasteiger partial charge on any atom is 0.326 e. The molecule has 0 spiro atoms. The summed E-state index contributed by atoms with van der Waals surface area (Å²) < 4.78 is 5.87. The Morgan fingerprint density at radius 3 is 2.78 bits per heavy atom. The largest absolute Gasteiger partial charge is 0.480 e. The van der Waals surface area contributed by atoms with E-state index in [9.17, 15) is 14.7 Å². The van der Waals surface area contributed by atoms with Crippen molar-refractivity contribution in [2.75, 3.05) is 25.5 Å². The van der Waals surface area contributed by atoms with Crippen molar-refractivity contribution in [1.82, 2.24) is 15.2 Å². The molecule has 8 heteroatoms. The molecule has 0 bridgehead atoms. The van der Waals surface area contributed by atoms with Gasteiger partial charge in [-0.2, -0.15) is 0 Å². The lowest BCUT2D eigenvalue weighted by molar-refractivity contribution is -0.140. The van der Waals surface area contributed by atoms with Crippen molar-refractivity contribution >= 4 is 17.8 Å². The number of anilines is 1. The van der Waals surface area contributed by atoms with E-state index >= 15 is 0 Å². The van der Waals surface area contributed by atoms with Crippen LogP contribution < -0.4 is 10.6 Å². The van der Waals surface area contributed by atoms with Gasteiger partial charge in [0.15, 0.2) is 0 Å². The average molecular weight is 447 g/mol. The summed E-state index contributed by atoms with van der Waals surface area (Å²) in [5, 5.41) is 15.4. The second kappa shape index (κ2) is 10.5. The summed E-state index contributed by atoms with van der Waals surface area (Å²) in [7, 11) is 1.66. The Labute approximate surface area is 191 Å². The summed E-state index contributed by atoms with van der Waals surface area (Å²) in [6, 6.07) is 3.01. The number of aryl methyl sites for hydroxylation is 2. The second-order valence-electron chi connectivity index (χ2n) is 10.1. The van der Waals surface area contributed by atoms with Crippen LogP contribution in [0, 0.1) is 5.92 Å². The quantitative estimate of drug-likeness (QED) is 0.537. The van der Waals surface area contributed by atoms with Gasteiger partial charge in [0.05, 0.1) is 6.10 Å². The Hall–Kier alpha value is -2.35. The fourth-order valence-electron chi connectivity index (χ4n) is 4.07. The second-order valence-corrected chi connectivity index (χ2v) is 10.1. The van der Waals surface area contributed by atoms with Crippen LogP contribution in [0.4, 0.5) is 10.6 Å². The van der Waals surface area contributed by atoms with E-state index in [-0.39, 0.29) is 24.1 Å². The maximum absolute atomic E-state index is 12.3. The van der Waals surface area contributed by atoms with E-state index in [1.165, 1.54) is 16.9 Å². The lowest BCUT2D eigenvalue weighted by Crippen LogP contribution is -2.52. The van der Waals surface area contributed by atoms with Crippen LogP contribution in [0.3, 0.4) is 0 Å². The van der Waals surface area contributed by atoms with Gasteiger partial charge >= 0.3 is 12.0 Å². The fourth-order valence-corrected chi connectivity index (χ4v) is 4.07. The van der Waals surface area contributed by atoms with Crippen molar-refractivity contribution in [2.24, 2.45) is 5.92 Å². The number of fused-ring (bicyclic) bond motifs is 1.